The van der Waals surface area contributed by atoms with Crippen molar-refractivity contribution in [3.8, 4) is 0 Å². The Morgan fingerprint density at radius 2 is 1.93 bits per heavy atom. The van der Waals surface area contributed by atoms with Gasteiger partial charge >= 0.3 is 6.09 Å². The smallest absolute Gasteiger partial charge is 0.410 e. The second-order valence-corrected chi connectivity index (χ2v) is 8.17. The van der Waals surface area contributed by atoms with Crippen LogP contribution in [0.5, 0.6) is 0 Å². The van der Waals surface area contributed by atoms with Gasteiger partial charge in [0.2, 0.25) is 5.88 Å². The number of anilines is 1. The summed E-state index contributed by atoms with van der Waals surface area (Å²) in [5.74, 6) is 1.08. The molecule has 0 atom stereocenters. The molecule has 0 unspecified atom stereocenters. The third-order valence-corrected chi connectivity index (χ3v) is 4.72. The number of ether oxygens (including phenoxy) is 1. The van der Waals surface area contributed by atoms with Crippen LogP contribution in [0.1, 0.15) is 50.8 Å². The molecule has 2 aromatic rings. The molecular formula is C21H29N3O3. The van der Waals surface area contributed by atoms with Crippen molar-refractivity contribution in [1.29, 1.82) is 0 Å². The van der Waals surface area contributed by atoms with E-state index in [0.29, 0.717) is 19.0 Å². The number of hydrogen-bond acceptors (Lipinski definition) is 5. The fraction of sp³-hybridized carbons (Fsp3) is 0.524. The van der Waals surface area contributed by atoms with Gasteiger partial charge in [-0.05, 0) is 39.2 Å². The highest BCUT2D eigenvalue weighted by atomic mass is 16.6. The summed E-state index contributed by atoms with van der Waals surface area (Å²) in [6.45, 7) is 7.80. The topological polar surface area (TPSA) is 58.8 Å². The lowest BCUT2D eigenvalue weighted by atomic mass is 9.94. The maximum atomic E-state index is 12.2. The van der Waals surface area contributed by atoms with E-state index in [1.807, 2.05) is 52.1 Å². The Kier molecular flexibility index (Phi) is 5.73. The Hall–Kier alpha value is -2.50. The average Bonchev–Trinajstić information content (AvgIpc) is 3.11. The van der Waals surface area contributed by atoms with Crippen LogP contribution in [0.25, 0.3) is 0 Å². The van der Waals surface area contributed by atoms with Crippen LogP contribution in [0.4, 0.5) is 10.7 Å². The largest absolute Gasteiger partial charge is 0.444 e. The fourth-order valence-electron chi connectivity index (χ4n) is 3.27. The van der Waals surface area contributed by atoms with Crippen LogP contribution in [0.2, 0.25) is 0 Å². The molecule has 0 spiro atoms. The minimum absolute atomic E-state index is 0.232. The molecule has 1 aliphatic rings. The van der Waals surface area contributed by atoms with Crippen LogP contribution in [-0.2, 0) is 11.3 Å². The van der Waals surface area contributed by atoms with Gasteiger partial charge in [-0.2, -0.15) is 0 Å². The fourth-order valence-corrected chi connectivity index (χ4v) is 3.27. The maximum absolute atomic E-state index is 12.2. The standard InChI is InChI=1S/C21H29N3O3/c1-21(2,3)26-20(25)24-12-10-17(11-13-24)18-14-19(27-22-18)23(4)15-16-8-6-5-7-9-16/h5-9,14,17H,10-13,15H2,1-4H3. The van der Waals surface area contributed by atoms with Crippen LogP contribution < -0.4 is 4.90 Å². The van der Waals surface area contributed by atoms with E-state index in [9.17, 15) is 4.79 Å². The number of benzene rings is 1. The number of carbonyl (C=O) groups is 1. The zero-order valence-electron chi connectivity index (χ0n) is 16.6. The molecule has 1 aliphatic heterocycles. The number of likely N-dealkylation sites (tertiary alicyclic amines) is 1. The minimum atomic E-state index is -0.460. The molecule has 0 aliphatic carbocycles. The minimum Gasteiger partial charge on any atom is -0.444 e. The lowest BCUT2D eigenvalue weighted by molar-refractivity contribution is 0.0203. The van der Waals surface area contributed by atoms with Crippen molar-refractivity contribution >= 4 is 12.0 Å². The second kappa shape index (κ2) is 8.03. The maximum Gasteiger partial charge on any atom is 0.410 e. The Morgan fingerprint density at radius 3 is 2.56 bits per heavy atom. The molecule has 1 amide bonds. The van der Waals surface area contributed by atoms with Crippen LogP contribution in [0.3, 0.4) is 0 Å². The molecule has 3 rings (SSSR count). The Labute approximate surface area is 161 Å². The first-order valence-electron chi connectivity index (χ1n) is 9.51. The highest BCUT2D eigenvalue weighted by Crippen LogP contribution is 2.30. The van der Waals surface area contributed by atoms with E-state index in [4.69, 9.17) is 9.26 Å². The van der Waals surface area contributed by atoms with E-state index in [2.05, 4.69) is 22.2 Å². The molecule has 6 nitrogen and oxygen atoms in total. The molecule has 1 aromatic carbocycles. The van der Waals surface area contributed by atoms with E-state index >= 15 is 0 Å². The molecule has 0 radical (unpaired) electrons. The SMILES string of the molecule is CN(Cc1ccccc1)c1cc(C2CCN(C(=O)OC(C)(C)C)CC2)no1. The van der Waals surface area contributed by atoms with Crippen molar-refractivity contribution in [2.24, 2.45) is 0 Å². The number of piperidine rings is 1. The van der Waals surface area contributed by atoms with Gasteiger partial charge in [0, 0.05) is 38.7 Å². The van der Waals surface area contributed by atoms with Crippen molar-refractivity contribution in [2.75, 3.05) is 25.0 Å². The van der Waals surface area contributed by atoms with Crippen molar-refractivity contribution in [3.63, 3.8) is 0 Å². The number of aromatic nitrogens is 1. The number of carbonyl (C=O) groups excluding carboxylic acids is 1. The molecule has 0 N–H and O–H groups in total. The summed E-state index contributed by atoms with van der Waals surface area (Å²) in [5.41, 5.74) is 1.73. The van der Waals surface area contributed by atoms with Crippen molar-refractivity contribution in [1.82, 2.24) is 10.1 Å². The summed E-state index contributed by atoms with van der Waals surface area (Å²) in [4.78, 5) is 16.0. The monoisotopic (exact) mass is 371 g/mol. The van der Waals surface area contributed by atoms with Gasteiger partial charge in [-0.3, -0.25) is 0 Å². The van der Waals surface area contributed by atoms with Crippen molar-refractivity contribution < 1.29 is 14.1 Å². The number of hydrogen-bond donors (Lipinski definition) is 0. The quantitative estimate of drug-likeness (QED) is 0.796. The van der Waals surface area contributed by atoms with E-state index in [1.165, 1.54) is 5.56 Å². The summed E-state index contributed by atoms with van der Waals surface area (Å²) in [6.07, 6.45) is 1.51. The molecule has 1 fully saturated rings. The molecule has 1 saturated heterocycles. The molecule has 146 valence electrons. The first-order valence-corrected chi connectivity index (χ1v) is 9.51. The zero-order valence-corrected chi connectivity index (χ0v) is 16.6. The number of nitrogens with zero attached hydrogens (tertiary/aromatic N) is 3. The summed E-state index contributed by atoms with van der Waals surface area (Å²) >= 11 is 0. The first kappa shape index (κ1) is 19.3. The molecule has 0 bridgehead atoms. The molecule has 0 saturated carbocycles. The van der Waals surface area contributed by atoms with Crippen molar-refractivity contribution in [2.45, 2.75) is 51.7 Å². The molecule has 2 heterocycles. The van der Waals surface area contributed by atoms with E-state index in [1.54, 1.807) is 4.90 Å². The molecule has 1 aromatic heterocycles. The number of rotatable bonds is 4. The van der Waals surface area contributed by atoms with Gasteiger partial charge in [0.25, 0.3) is 0 Å². The van der Waals surface area contributed by atoms with E-state index in [-0.39, 0.29) is 6.09 Å². The van der Waals surface area contributed by atoms with Gasteiger partial charge < -0.3 is 19.1 Å². The van der Waals surface area contributed by atoms with Gasteiger partial charge in [0.1, 0.15) is 5.60 Å². The third kappa shape index (κ3) is 5.25. The molecular weight excluding hydrogens is 342 g/mol. The Morgan fingerprint density at radius 1 is 1.26 bits per heavy atom. The zero-order chi connectivity index (χ0) is 19.4. The normalized spacial score (nSPS) is 15.6. The van der Waals surface area contributed by atoms with Gasteiger partial charge in [-0.15, -0.1) is 0 Å². The predicted octanol–water partition coefficient (Wildman–Crippen LogP) is 4.43. The van der Waals surface area contributed by atoms with Crippen LogP contribution in [0.15, 0.2) is 40.9 Å². The highest BCUT2D eigenvalue weighted by molar-refractivity contribution is 5.68. The predicted molar refractivity (Wildman–Crippen MR) is 105 cm³/mol. The summed E-state index contributed by atoms with van der Waals surface area (Å²) < 4.78 is 11.0. The third-order valence-electron chi connectivity index (χ3n) is 4.72. The van der Waals surface area contributed by atoms with Crippen LogP contribution in [0, 0.1) is 0 Å². The van der Waals surface area contributed by atoms with Crippen LogP contribution in [-0.4, -0.2) is 41.9 Å². The van der Waals surface area contributed by atoms with Crippen LogP contribution >= 0.6 is 0 Å². The van der Waals surface area contributed by atoms with E-state index in [0.717, 1.165) is 31.0 Å². The Bertz CT molecular complexity index is 744. The first-order chi connectivity index (χ1) is 12.8. The lowest BCUT2D eigenvalue weighted by Crippen LogP contribution is -2.41. The average molecular weight is 371 g/mol. The molecule has 27 heavy (non-hydrogen) atoms. The second-order valence-electron chi connectivity index (χ2n) is 8.17. The number of amides is 1. The lowest BCUT2D eigenvalue weighted by Gasteiger charge is -2.32. The summed E-state index contributed by atoms with van der Waals surface area (Å²) in [7, 11) is 2.00. The van der Waals surface area contributed by atoms with Gasteiger partial charge in [0.05, 0.1) is 5.69 Å². The van der Waals surface area contributed by atoms with Gasteiger partial charge in [0.15, 0.2) is 0 Å². The van der Waals surface area contributed by atoms with Gasteiger partial charge in [-0.1, -0.05) is 35.5 Å². The Balaban J connectivity index is 1.54. The summed E-state index contributed by atoms with van der Waals surface area (Å²) in [6, 6.07) is 12.3. The van der Waals surface area contributed by atoms with Gasteiger partial charge in [-0.25, -0.2) is 4.79 Å². The van der Waals surface area contributed by atoms with Crippen molar-refractivity contribution in [3.05, 3.63) is 47.7 Å². The molecule has 6 heteroatoms. The van der Waals surface area contributed by atoms with E-state index < -0.39 is 5.60 Å². The highest BCUT2D eigenvalue weighted by Gasteiger charge is 2.29. The summed E-state index contributed by atoms with van der Waals surface area (Å²) in [5, 5.41) is 4.28.